The van der Waals surface area contributed by atoms with Gasteiger partial charge in [0.05, 0.1) is 7.11 Å². The number of carbonyl (C=O) groups is 1. The Balaban J connectivity index is 3.27. The molecule has 94 valence electrons. The van der Waals surface area contributed by atoms with Crippen LogP contribution < -0.4 is 9.64 Å². The normalized spacial score (nSPS) is 11.2. The zero-order chi connectivity index (χ0) is 13.2. The third-order valence-electron chi connectivity index (χ3n) is 2.85. The molecule has 0 bridgehead atoms. The second-order valence-corrected chi connectivity index (χ2v) is 5.21. The average Bonchev–Trinajstić information content (AvgIpc) is 2.25. The second kappa shape index (κ2) is 4.78. The Labute approximate surface area is 103 Å². The van der Waals surface area contributed by atoms with Crippen molar-refractivity contribution >= 4 is 11.6 Å². The van der Waals surface area contributed by atoms with E-state index in [1.54, 1.807) is 26.0 Å². The minimum Gasteiger partial charge on any atom is -0.496 e. The predicted octanol–water partition coefficient (Wildman–Crippen LogP) is 2.98. The maximum Gasteiger partial charge on any atom is 0.223 e. The Hall–Kier alpha value is -1.51. The van der Waals surface area contributed by atoms with Gasteiger partial charge in [0.25, 0.3) is 0 Å². The Kier molecular flexibility index (Phi) is 3.81. The Morgan fingerprint density at radius 2 is 1.88 bits per heavy atom. The van der Waals surface area contributed by atoms with Gasteiger partial charge in [0.1, 0.15) is 5.75 Å². The van der Waals surface area contributed by atoms with Gasteiger partial charge in [-0.15, -0.1) is 0 Å². The maximum atomic E-state index is 11.4. The molecule has 0 spiro atoms. The van der Waals surface area contributed by atoms with Crippen molar-refractivity contribution in [2.75, 3.05) is 19.1 Å². The lowest BCUT2D eigenvalue weighted by Gasteiger charge is -2.25. The van der Waals surface area contributed by atoms with Crippen LogP contribution in [0, 0.1) is 0 Å². The van der Waals surface area contributed by atoms with Gasteiger partial charge in [-0.25, -0.2) is 0 Å². The van der Waals surface area contributed by atoms with Gasteiger partial charge < -0.3 is 9.64 Å². The van der Waals surface area contributed by atoms with Gasteiger partial charge in [0, 0.05) is 25.2 Å². The van der Waals surface area contributed by atoms with Gasteiger partial charge in [-0.2, -0.15) is 0 Å². The number of methoxy groups -OCH3 is 1. The van der Waals surface area contributed by atoms with Crippen LogP contribution in [0.15, 0.2) is 18.2 Å². The fourth-order valence-electron chi connectivity index (χ4n) is 1.67. The summed E-state index contributed by atoms with van der Waals surface area (Å²) in [6.45, 7) is 7.94. The van der Waals surface area contributed by atoms with Gasteiger partial charge >= 0.3 is 0 Å². The zero-order valence-electron chi connectivity index (χ0n) is 11.5. The Morgan fingerprint density at radius 3 is 2.29 bits per heavy atom. The van der Waals surface area contributed by atoms with E-state index in [0.29, 0.717) is 0 Å². The molecular formula is C14H21NO2. The van der Waals surface area contributed by atoms with Gasteiger partial charge in [-0.3, -0.25) is 4.79 Å². The van der Waals surface area contributed by atoms with Crippen molar-refractivity contribution in [1.29, 1.82) is 0 Å². The molecule has 0 unspecified atom stereocenters. The van der Waals surface area contributed by atoms with E-state index in [9.17, 15) is 4.79 Å². The van der Waals surface area contributed by atoms with E-state index in [1.807, 2.05) is 18.2 Å². The highest BCUT2D eigenvalue weighted by molar-refractivity contribution is 5.91. The SMILES string of the molecule is COc1ccc(N(C)C(C)=O)cc1C(C)(C)C. The molecule has 3 heteroatoms. The molecule has 1 rings (SSSR count). The van der Waals surface area contributed by atoms with E-state index in [-0.39, 0.29) is 11.3 Å². The third-order valence-corrected chi connectivity index (χ3v) is 2.85. The van der Waals surface area contributed by atoms with Crippen LogP contribution in [0.2, 0.25) is 0 Å². The summed E-state index contributed by atoms with van der Waals surface area (Å²) in [5.41, 5.74) is 1.98. The van der Waals surface area contributed by atoms with Crippen molar-refractivity contribution in [3.05, 3.63) is 23.8 Å². The monoisotopic (exact) mass is 235 g/mol. The molecule has 0 aromatic heterocycles. The van der Waals surface area contributed by atoms with Crippen molar-refractivity contribution in [2.24, 2.45) is 0 Å². The molecule has 0 atom stereocenters. The van der Waals surface area contributed by atoms with Crippen molar-refractivity contribution in [3.63, 3.8) is 0 Å². The van der Waals surface area contributed by atoms with Gasteiger partial charge in [0.2, 0.25) is 5.91 Å². The van der Waals surface area contributed by atoms with E-state index >= 15 is 0 Å². The molecule has 1 aromatic rings. The largest absolute Gasteiger partial charge is 0.496 e. The minimum atomic E-state index is -0.0149. The predicted molar refractivity (Wildman–Crippen MR) is 70.8 cm³/mol. The smallest absolute Gasteiger partial charge is 0.223 e. The van der Waals surface area contributed by atoms with Crippen molar-refractivity contribution in [3.8, 4) is 5.75 Å². The van der Waals surface area contributed by atoms with E-state index < -0.39 is 0 Å². The van der Waals surface area contributed by atoms with Crippen LogP contribution in [-0.2, 0) is 10.2 Å². The minimum absolute atomic E-state index is 0.0149. The first-order chi connectivity index (χ1) is 7.77. The molecule has 1 aromatic carbocycles. The summed E-state index contributed by atoms with van der Waals surface area (Å²) in [7, 11) is 3.44. The zero-order valence-corrected chi connectivity index (χ0v) is 11.5. The van der Waals surface area contributed by atoms with Crippen LogP contribution in [0.1, 0.15) is 33.3 Å². The van der Waals surface area contributed by atoms with Crippen molar-refractivity contribution in [1.82, 2.24) is 0 Å². The molecule has 3 nitrogen and oxygen atoms in total. The summed E-state index contributed by atoms with van der Waals surface area (Å²) in [5, 5.41) is 0. The van der Waals surface area contributed by atoms with Crippen LogP contribution in [0.4, 0.5) is 5.69 Å². The topological polar surface area (TPSA) is 29.5 Å². The number of anilines is 1. The Morgan fingerprint density at radius 1 is 1.29 bits per heavy atom. The molecule has 0 aliphatic carbocycles. The highest BCUT2D eigenvalue weighted by Gasteiger charge is 2.20. The van der Waals surface area contributed by atoms with E-state index in [0.717, 1.165) is 17.0 Å². The van der Waals surface area contributed by atoms with E-state index in [1.165, 1.54) is 0 Å². The summed E-state index contributed by atoms with van der Waals surface area (Å²) >= 11 is 0. The van der Waals surface area contributed by atoms with E-state index in [4.69, 9.17) is 4.74 Å². The fraction of sp³-hybridized carbons (Fsp3) is 0.500. The molecule has 0 saturated carbocycles. The molecule has 0 fully saturated rings. The molecule has 0 aliphatic rings. The van der Waals surface area contributed by atoms with Crippen LogP contribution in [0.3, 0.4) is 0 Å². The van der Waals surface area contributed by atoms with Crippen LogP contribution in [0.25, 0.3) is 0 Å². The molecule has 0 N–H and O–H groups in total. The Bertz CT molecular complexity index is 419. The summed E-state index contributed by atoms with van der Waals surface area (Å²) in [5.74, 6) is 0.883. The summed E-state index contributed by atoms with van der Waals surface area (Å²) in [6, 6.07) is 5.82. The average molecular weight is 235 g/mol. The van der Waals surface area contributed by atoms with Crippen LogP contribution in [-0.4, -0.2) is 20.1 Å². The summed E-state index contributed by atoms with van der Waals surface area (Å²) in [6.07, 6.45) is 0. The van der Waals surface area contributed by atoms with Gasteiger partial charge in [-0.1, -0.05) is 20.8 Å². The molecule has 0 radical (unpaired) electrons. The second-order valence-electron chi connectivity index (χ2n) is 5.21. The lowest BCUT2D eigenvalue weighted by atomic mass is 9.86. The van der Waals surface area contributed by atoms with Gasteiger partial charge in [-0.05, 0) is 23.6 Å². The number of hydrogen-bond acceptors (Lipinski definition) is 2. The number of rotatable bonds is 2. The third kappa shape index (κ3) is 2.99. The highest BCUT2D eigenvalue weighted by Crippen LogP contribution is 2.34. The van der Waals surface area contributed by atoms with Gasteiger partial charge in [0.15, 0.2) is 0 Å². The van der Waals surface area contributed by atoms with Crippen molar-refractivity contribution < 1.29 is 9.53 Å². The highest BCUT2D eigenvalue weighted by atomic mass is 16.5. The van der Waals surface area contributed by atoms with Crippen LogP contribution in [0.5, 0.6) is 5.75 Å². The lowest BCUT2D eigenvalue weighted by Crippen LogP contribution is -2.23. The number of nitrogens with zero attached hydrogens (tertiary/aromatic N) is 1. The standard InChI is InChI=1S/C14H21NO2/c1-10(16)15(5)11-7-8-13(17-6)12(9-11)14(2,3)4/h7-9H,1-6H3. The molecule has 0 aliphatic heterocycles. The molecule has 1 amide bonds. The number of amides is 1. The van der Waals surface area contributed by atoms with Crippen molar-refractivity contribution in [2.45, 2.75) is 33.1 Å². The first-order valence-corrected chi connectivity index (χ1v) is 5.70. The molecule has 0 heterocycles. The molecule has 0 saturated heterocycles. The number of benzene rings is 1. The number of hydrogen-bond donors (Lipinski definition) is 0. The van der Waals surface area contributed by atoms with Crippen LogP contribution >= 0.6 is 0 Å². The maximum absolute atomic E-state index is 11.4. The first-order valence-electron chi connectivity index (χ1n) is 5.70. The summed E-state index contributed by atoms with van der Waals surface area (Å²) < 4.78 is 5.36. The summed E-state index contributed by atoms with van der Waals surface area (Å²) in [4.78, 5) is 13.0. The lowest BCUT2D eigenvalue weighted by molar-refractivity contribution is -0.116. The number of carbonyl (C=O) groups excluding carboxylic acids is 1. The first kappa shape index (κ1) is 13.6. The molecular weight excluding hydrogens is 214 g/mol. The number of ether oxygens (including phenoxy) is 1. The fourth-order valence-corrected chi connectivity index (χ4v) is 1.67. The molecule has 17 heavy (non-hydrogen) atoms. The van der Waals surface area contributed by atoms with E-state index in [2.05, 4.69) is 20.8 Å². The quantitative estimate of drug-likeness (QED) is 0.788.